The van der Waals surface area contributed by atoms with E-state index < -0.39 is 17.5 Å². The summed E-state index contributed by atoms with van der Waals surface area (Å²) in [4.78, 5) is 0. The van der Waals surface area contributed by atoms with E-state index in [1.165, 1.54) is 50.7 Å². The molecule has 0 bridgehead atoms. The number of hydrogen-bond donors (Lipinski definition) is 0. The van der Waals surface area contributed by atoms with Crippen LogP contribution in [0.1, 0.15) is 75.7 Å². The molecule has 4 unspecified atom stereocenters. The predicted molar refractivity (Wildman–Crippen MR) is 103 cm³/mol. The first-order valence-electron chi connectivity index (χ1n) is 10.8. The van der Waals surface area contributed by atoms with Crippen LogP contribution in [0.3, 0.4) is 0 Å². The van der Waals surface area contributed by atoms with Gasteiger partial charge in [0.25, 0.3) is 0 Å². The molecule has 3 fully saturated rings. The van der Waals surface area contributed by atoms with E-state index in [9.17, 15) is 13.2 Å². The highest BCUT2D eigenvalue weighted by Crippen LogP contribution is 2.50. The van der Waals surface area contributed by atoms with E-state index >= 15 is 0 Å². The van der Waals surface area contributed by atoms with Gasteiger partial charge in [0.15, 0.2) is 17.5 Å². The van der Waals surface area contributed by atoms with Gasteiger partial charge in [-0.05, 0) is 117 Å². The molecule has 27 heavy (non-hydrogen) atoms. The molecule has 0 N–H and O–H groups in total. The Labute approximate surface area is 161 Å². The van der Waals surface area contributed by atoms with E-state index in [4.69, 9.17) is 0 Å². The van der Waals surface area contributed by atoms with E-state index in [-0.39, 0.29) is 5.92 Å². The van der Waals surface area contributed by atoms with Crippen molar-refractivity contribution < 1.29 is 13.2 Å². The van der Waals surface area contributed by atoms with Crippen molar-refractivity contribution in [2.24, 2.45) is 29.6 Å². The zero-order valence-electron chi connectivity index (χ0n) is 16.1. The molecule has 3 saturated carbocycles. The summed E-state index contributed by atoms with van der Waals surface area (Å²) in [5, 5.41) is 0. The molecule has 0 radical (unpaired) electrons. The summed E-state index contributed by atoms with van der Waals surface area (Å²) in [6.45, 7) is 3.99. The molecular formula is C24H31F3. The molecule has 4 rings (SSSR count). The lowest BCUT2D eigenvalue weighted by Crippen LogP contribution is -2.34. The standard InChI is InChI=1S/C24H31F3/c1-2-15-3-4-20-12-19(10-9-18(20)11-15)16-5-7-17(8-6-16)21-13-22(25)24(27)23(26)14-21/h2,13-20H,1,3-12H2. The maximum atomic E-state index is 13.6. The monoisotopic (exact) mass is 376 g/mol. The topological polar surface area (TPSA) is 0 Å². The number of benzene rings is 1. The normalized spacial score (nSPS) is 36.9. The van der Waals surface area contributed by atoms with Crippen molar-refractivity contribution >= 4 is 0 Å². The van der Waals surface area contributed by atoms with E-state index in [2.05, 4.69) is 12.7 Å². The summed E-state index contributed by atoms with van der Waals surface area (Å²) in [7, 11) is 0. The summed E-state index contributed by atoms with van der Waals surface area (Å²) in [5.74, 6) is 0.831. The molecule has 0 aromatic heterocycles. The average Bonchev–Trinajstić information content (AvgIpc) is 2.71. The zero-order chi connectivity index (χ0) is 19.0. The van der Waals surface area contributed by atoms with Gasteiger partial charge >= 0.3 is 0 Å². The third-order valence-corrected chi connectivity index (χ3v) is 7.94. The number of allylic oxidation sites excluding steroid dienone is 1. The van der Waals surface area contributed by atoms with Gasteiger partial charge in [-0.2, -0.15) is 0 Å². The third-order valence-electron chi connectivity index (χ3n) is 7.94. The molecule has 3 aliphatic rings. The van der Waals surface area contributed by atoms with E-state index in [0.717, 1.165) is 55.3 Å². The van der Waals surface area contributed by atoms with Gasteiger partial charge in [-0.25, -0.2) is 13.2 Å². The Bertz CT molecular complexity index is 651. The van der Waals surface area contributed by atoms with Gasteiger partial charge in [0.05, 0.1) is 0 Å². The van der Waals surface area contributed by atoms with Crippen LogP contribution < -0.4 is 0 Å². The van der Waals surface area contributed by atoms with Crippen LogP contribution >= 0.6 is 0 Å². The van der Waals surface area contributed by atoms with Crippen LogP contribution in [0, 0.1) is 47.0 Å². The molecule has 0 spiro atoms. The van der Waals surface area contributed by atoms with Crippen LogP contribution in [0.25, 0.3) is 0 Å². The van der Waals surface area contributed by atoms with Gasteiger partial charge in [-0.1, -0.05) is 6.08 Å². The first-order chi connectivity index (χ1) is 13.0. The lowest BCUT2D eigenvalue weighted by atomic mass is 9.61. The summed E-state index contributed by atoms with van der Waals surface area (Å²) in [5.41, 5.74) is 0.635. The number of rotatable bonds is 3. The second kappa shape index (κ2) is 8.01. The Morgan fingerprint density at radius 3 is 1.85 bits per heavy atom. The highest BCUT2D eigenvalue weighted by atomic mass is 19.2. The smallest absolute Gasteiger partial charge is 0.194 e. The minimum Gasteiger partial charge on any atom is -0.204 e. The van der Waals surface area contributed by atoms with Gasteiger partial charge in [-0.3, -0.25) is 0 Å². The van der Waals surface area contributed by atoms with Crippen molar-refractivity contribution in [1.29, 1.82) is 0 Å². The van der Waals surface area contributed by atoms with Crippen LogP contribution in [0.5, 0.6) is 0 Å². The molecule has 4 atom stereocenters. The Morgan fingerprint density at radius 1 is 0.704 bits per heavy atom. The van der Waals surface area contributed by atoms with Crippen molar-refractivity contribution in [1.82, 2.24) is 0 Å². The maximum Gasteiger partial charge on any atom is 0.194 e. The average molecular weight is 377 g/mol. The molecule has 0 nitrogen and oxygen atoms in total. The first kappa shape index (κ1) is 19.1. The Balaban J connectivity index is 1.33. The third kappa shape index (κ3) is 3.98. The van der Waals surface area contributed by atoms with Crippen LogP contribution in [-0.2, 0) is 0 Å². The molecule has 1 aromatic carbocycles. The number of fused-ring (bicyclic) bond motifs is 1. The van der Waals surface area contributed by atoms with E-state index in [1.54, 1.807) is 0 Å². The van der Waals surface area contributed by atoms with Crippen LogP contribution in [0.4, 0.5) is 13.2 Å². The Morgan fingerprint density at radius 2 is 1.22 bits per heavy atom. The molecule has 0 amide bonds. The van der Waals surface area contributed by atoms with Crippen LogP contribution in [-0.4, -0.2) is 0 Å². The largest absolute Gasteiger partial charge is 0.204 e. The molecule has 0 heterocycles. The summed E-state index contributed by atoms with van der Waals surface area (Å²) in [6, 6.07) is 2.40. The first-order valence-corrected chi connectivity index (χ1v) is 10.8. The summed E-state index contributed by atoms with van der Waals surface area (Å²) < 4.78 is 40.3. The fraction of sp³-hybridized carbons (Fsp3) is 0.667. The quantitative estimate of drug-likeness (QED) is 0.381. The van der Waals surface area contributed by atoms with Gasteiger partial charge in [-0.15, -0.1) is 6.58 Å². The van der Waals surface area contributed by atoms with Crippen LogP contribution in [0.15, 0.2) is 24.8 Å². The molecule has 148 valence electrons. The van der Waals surface area contributed by atoms with Gasteiger partial charge in [0, 0.05) is 0 Å². The molecule has 3 aliphatic carbocycles. The lowest BCUT2D eigenvalue weighted by Gasteiger charge is -2.45. The lowest BCUT2D eigenvalue weighted by molar-refractivity contribution is 0.0719. The molecule has 1 aromatic rings. The second-order valence-corrected chi connectivity index (χ2v) is 9.31. The molecular weight excluding hydrogens is 345 g/mol. The fourth-order valence-corrected chi connectivity index (χ4v) is 6.34. The number of halogens is 3. The van der Waals surface area contributed by atoms with Crippen molar-refractivity contribution in [2.45, 2.75) is 70.1 Å². The molecule has 0 aliphatic heterocycles. The van der Waals surface area contributed by atoms with Crippen molar-refractivity contribution in [3.63, 3.8) is 0 Å². The molecule has 0 saturated heterocycles. The second-order valence-electron chi connectivity index (χ2n) is 9.31. The minimum absolute atomic E-state index is 0.171. The van der Waals surface area contributed by atoms with Crippen LogP contribution in [0.2, 0.25) is 0 Å². The Kier molecular flexibility index (Phi) is 5.66. The predicted octanol–water partition coefficient (Wildman–Crippen LogP) is 7.40. The van der Waals surface area contributed by atoms with E-state index in [0.29, 0.717) is 5.56 Å². The van der Waals surface area contributed by atoms with Gasteiger partial charge in [0.2, 0.25) is 0 Å². The van der Waals surface area contributed by atoms with E-state index in [1.807, 2.05) is 0 Å². The number of hydrogen-bond acceptors (Lipinski definition) is 0. The highest BCUT2D eigenvalue weighted by Gasteiger charge is 2.38. The minimum atomic E-state index is -1.35. The zero-order valence-corrected chi connectivity index (χ0v) is 16.1. The highest BCUT2D eigenvalue weighted by molar-refractivity contribution is 5.23. The summed E-state index contributed by atoms with van der Waals surface area (Å²) >= 11 is 0. The van der Waals surface area contributed by atoms with Crippen molar-refractivity contribution in [2.75, 3.05) is 0 Å². The van der Waals surface area contributed by atoms with Crippen molar-refractivity contribution in [3.8, 4) is 0 Å². The van der Waals surface area contributed by atoms with Crippen molar-refractivity contribution in [3.05, 3.63) is 47.8 Å². The van der Waals surface area contributed by atoms with Gasteiger partial charge < -0.3 is 0 Å². The SMILES string of the molecule is C=CC1CCC2CC(C3CCC(c4cc(F)c(F)c(F)c4)CC3)CCC2C1. The summed E-state index contributed by atoms with van der Waals surface area (Å²) in [6.07, 6.45) is 14.5. The Hall–Kier alpha value is -1.25. The van der Waals surface area contributed by atoms with Gasteiger partial charge in [0.1, 0.15) is 0 Å². The maximum absolute atomic E-state index is 13.6. The fourth-order valence-electron chi connectivity index (χ4n) is 6.34. The molecule has 3 heteroatoms.